The number of rotatable bonds is 7. The van der Waals surface area contributed by atoms with E-state index in [9.17, 15) is 22.8 Å². The lowest BCUT2D eigenvalue weighted by Crippen LogP contribution is -2.42. The summed E-state index contributed by atoms with van der Waals surface area (Å²) in [4.78, 5) is 33.9. The Morgan fingerprint density at radius 3 is 2.08 bits per heavy atom. The molecule has 0 atom stereocenters. The van der Waals surface area contributed by atoms with Gasteiger partial charge in [0.25, 0.3) is 5.91 Å². The minimum absolute atomic E-state index is 0.0659. The maximum Gasteiger partial charge on any atom is 0.338 e. The molecular weight excluding hydrogens is 350 g/mol. The first-order chi connectivity index (χ1) is 11.7. The van der Waals surface area contributed by atoms with E-state index in [2.05, 4.69) is 5.43 Å². The van der Waals surface area contributed by atoms with E-state index >= 15 is 0 Å². The topological polar surface area (TPSA) is 122 Å². The molecule has 0 aliphatic heterocycles. The number of carbonyl (C=O) groups excluding carboxylic acids is 3. The van der Waals surface area contributed by atoms with Crippen molar-refractivity contribution in [2.24, 2.45) is 0 Å². The van der Waals surface area contributed by atoms with Gasteiger partial charge >= 0.3 is 5.97 Å². The first-order valence-electron chi connectivity index (χ1n) is 7.55. The molecule has 0 saturated carbocycles. The molecule has 0 bridgehead atoms. The predicted octanol–water partition coefficient (Wildman–Crippen LogP) is 0.0412. The van der Waals surface area contributed by atoms with E-state index < -0.39 is 34.4 Å². The third-order valence-corrected chi connectivity index (χ3v) is 5.21. The number of hydrazine groups is 1. The Morgan fingerprint density at radius 2 is 1.60 bits per heavy atom. The van der Waals surface area contributed by atoms with Crippen molar-refractivity contribution in [3.63, 3.8) is 0 Å². The molecule has 0 spiro atoms. The summed E-state index contributed by atoms with van der Waals surface area (Å²) in [5.74, 6) is -1.96. The standard InChI is InChI=1S/C15H21N3O6S/c1-4-18(5-2)25(22,23)13-8-6-12(7-9-13)15(21)24-10-14(20)17-16-11(3)19/h6-9H,4-5,10H2,1-3H3,(H,16,19)(H,17,20). The van der Waals surface area contributed by atoms with Gasteiger partial charge in [0.05, 0.1) is 10.5 Å². The van der Waals surface area contributed by atoms with Crippen molar-refractivity contribution in [3.8, 4) is 0 Å². The zero-order valence-corrected chi connectivity index (χ0v) is 15.1. The summed E-state index contributed by atoms with van der Waals surface area (Å²) >= 11 is 0. The third-order valence-electron chi connectivity index (χ3n) is 3.15. The quantitative estimate of drug-likeness (QED) is 0.515. The van der Waals surface area contributed by atoms with Gasteiger partial charge in [0.2, 0.25) is 15.9 Å². The number of amides is 2. The summed E-state index contributed by atoms with van der Waals surface area (Å²) in [6.45, 7) is 4.77. The number of hydrogen-bond acceptors (Lipinski definition) is 6. The van der Waals surface area contributed by atoms with Gasteiger partial charge in [0.1, 0.15) is 0 Å². The minimum atomic E-state index is -3.61. The van der Waals surface area contributed by atoms with Crippen molar-refractivity contribution in [2.45, 2.75) is 25.7 Å². The van der Waals surface area contributed by atoms with Crippen LogP contribution in [0, 0.1) is 0 Å². The fourth-order valence-electron chi connectivity index (χ4n) is 1.88. The highest BCUT2D eigenvalue weighted by atomic mass is 32.2. The van der Waals surface area contributed by atoms with E-state index in [4.69, 9.17) is 4.74 Å². The maximum absolute atomic E-state index is 12.3. The number of benzene rings is 1. The van der Waals surface area contributed by atoms with Crippen LogP contribution in [0.4, 0.5) is 0 Å². The molecule has 0 aliphatic carbocycles. The molecule has 2 amide bonds. The van der Waals surface area contributed by atoms with Crippen LogP contribution in [0.3, 0.4) is 0 Å². The Balaban J connectivity index is 2.71. The average molecular weight is 371 g/mol. The summed E-state index contributed by atoms with van der Waals surface area (Å²) in [5, 5.41) is 0. The van der Waals surface area contributed by atoms with Crippen molar-refractivity contribution in [1.29, 1.82) is 0 Å². The zero-order chi connectivity index (χ0) is 19.0. The highest BCUT2D eigenvalue weighted by Crippen LogP contribution is 2.16. The van der Waals surface area contributed by atoms with Gasteiger partial charge in [-0.25, -0.2) is 13.2 Å². The average Bonchev–Trinajstić information content (AvgIpc) is 2.58. The summed E-state index contributed by atoms with van der Waals surface area (Å²) < 4.78 is 30.8. The van der Waals surface area contributed by atoms with E-state index in [1.54, 1.807) is 13.8 Å². The molecule has 0 aromatic heterocycles. The summed E-state index contributed by atoms with van der Waals surface area (Å²) in [6.07, 6.45) is 0. The molecule has 138 valence electrons. The number of esters is 1. The van der Waals surface area contributed by atoms with Gasteiger partial charge in [-0.3, -0.25) is 20.4 Å². The summed E-state index contributed by atoms with van der Waals surface area (Å²) in [5.41, 5.74) is 4.20. The molecule has 0 aliphatic rings. The van der Waals surface area contributed by atoms with Gasteiger partial charge < -0.3 is 4.74 Å². The van der Waals surface area contributed by atoms with Crippen molar-refractivity contribution in [3.05, 3.63) is 29.8 Å². The summed E-state index contributed by atoms with van der Waals surface area (Å²) in [7, 11) is -3.61. The fourth-order valence-corrected chi connectivity index (χ4v) is 3.34. The van der Waals surface area contributed by atoms with Crippen LogP contribution in [-0.4, -0.2) is 50.2 Å². The zero-order valence-electron chi connectivity index (χ0n) is 14.2. The van der Waals surface area contributed by atoms with E-state index in [0.29, 0.717) is 13.1 Å². The SMILES string of the molecule is CCN(CC)S(=O)(=O)c1ccc(C(=O)OCC(=O)NNC(C)=O)cc1. The van der Waals surface area contributed by atoms with Crippen molar-refractivity contribution >= 4 is 27.8 Å². The van der Waals surface area contributed by atoms with Crippen molar-refractivity contribution < 1.29 is 27.5 Å². The first kappa shape index (κ1) is 20.6. The van der Waals surface area contributed by atoms with Crippen molar-refractivity contribution in [1.82, 2.24) is 15.2 Å². The Labute approximate surface area is 146 Å². The molecule has 1 rings (SSSR count). The molecule has 1 aromatic carbocycles. The van der Waals surface area contributed by atoms with Gasteiger partial charge in [0.15, 0.2) is 6.61 Å². The van der Waals surface area contributed by atoms with Crippen LogP contribution >= 0.6 is 0 Å². The smallest absolute Gasteiger partial charge is 0.338 e. The molecule has 0 heterocycles. The molecule has 10 heteroatoms. The van der Waals surface area contributed by atoms with Crippen LogP contribution in [0.25, 0.3) is 0 Å². The largest absolute Gasteiger partial charge is 0.452 e. The van der Waals surface area contributed by atoms with E-state index in [-0.39, 0.29) is 10.5 Å². The molecule has 0 saturated heterocycles. The molecular formula is C15H21N3O6S. The van der Waals surface area contributed by atoms with Gasteiger partial charge in [-0.2, -0.15) is 4.31 Å². The predicted molar refractivity (Wildman–Crippen MR) is 88.8 cm³/mol. The Hall–Kier alpha value is -2.46. The number of carbonyl (C=O) groups is 3. The normalized spacial score (nSPS) is 11.0. The molecule has 1 aromatic rings. The number of nitrogens with zero attached hydrogens (tertiary/aromatic N) is 1. The summed E-state index contributed by atoms with van der Waals surface area (Å²) in [6, 6.07) is 5.23. The van der Waals surface area contributed by atoms with Gasteiger partial charge in [0, 0.05) is 20.0 Å². The molecule has 0 radical (unpaired) electrons. The van der Waals surface area contributed by atoms with E-state index in [0.717, 1.165) is 0 Å². The fraction of sp³-hybridized carbons (Fsp3) is 0.400. The highest BCUT2D eigenvalue weighted by Gasteiger charge is 2.22. The second-order valence-corrected chi connectivity index (χ2v) is 6.86. The van der Waals surface area contributed by atoms with Crippen LogP contribution in [-0.2, 0) is 24.3 Å². The Bertz CT molecular complexity index is 726. The number of hydrogen-bond donors (Lipinski definition) is 2. The van der Waals surface area contributed by atoms with Crippen molar-refractivity contribution in [2.75, 3.05) is 19.7 Å². The van der Waals surface area contributed by atoms with Gasteiger partial charge in [-0.1, -0.05) is 13.8 Å². The number of nitrogens with one attached hydrogen (secondary N) is 2. The second-order valence-electron chi connectivity index (χ2n) is 4.92. The molecule has 2 N–H and O–H groups in total. The molecule has 9 nitrogen and oxygen atoms in total. The minimum Gasteiger partial charge on any atom is -0.452 e. The Morgan fingerprint density at radius 1 is 1.04 bits per heavy atom. The van der Waals surface area contributed by atoms with Crippen LogP contribution < -0.4 is 10.9 Å². The molecule has 0 unspecified atom stereocenters. The first-order valence-corrected chi connectivity index (χ1v) is 8.99. The van der Waals surface area contributed by atoms with Crippen LogP contribution in [0.5, 0.6) is 0 Å². The number of ether oxygens (including phenoxy) is 1. The molecule has 25 heavy (non-hydrogen) atoms. The third kappa shape index (κ3) is 5.84. The highest BCUT2D eigenvalue weighted by molar-refractivity contribution is 7.89. The van der Waals surface area contributed by atoms with Gasteiger partial charge in [-0.05, 0) is 24.3 Å². The van der Waals surface area contributed by atoms with E-state index in [1.165, 1.54) is 35.5 Å². The monoisotopic (exact) mass is 371 g/mol. The lowest BCUT2D eigenvalue weighted by Gasteiger charge is -2.18. The maximum atomic E-state index is 12.3. The van der Waals surface area contributed by atoms with Crippen LogP contribution in [0.2, 0.25) is 0 Å². The van der Waals surface area contributed by atoms with Crippen LogP contribution in [0.15, 0.2) is 29.2 Å². The van der Waals surface area contributed by atoms with Gasteiger partial charge in [-0.15, -0.1) is 0 Å². The Kier molecular flexibility index (Phi) is 7.52. The van der Waals surface area contributed by atoms with Crippen LogP contribution in [0.1, 0.15) is 31.1 Å². The lowest BCUT2D eigenvalue weighted by molar-refractivity contribution is -0.129. The number of sulfonamides is 1. The molecule has 0 fully saturated rings. The second kappa shape index (κ2) is 9.14. The van der Waals surface area contributed by atoms with E-state index in [1.807, 2.05) is 5.43 Å². The lowest BCUT2D eigenvalue weighted by atomic mass is 10.2.